The van der Waals surface area contributed by atoms with Gasteiger partial charge in [0, 0.05) is 12.5 Å². The Bertz CT molecular complexity index is 612. The summed E-state index contributed by atoms with van der Waals surface area (Å²) in [4.78, 5) is 22.5. The van der Waals surface area contributed by atoms with Crippen LogP contribution in [0.2, 0.25) is 0 Å². The van der Waals surface area contributed by atoms with Crippen LogP contribution in [-0.4, -0.2) is 26.7 Å². The molecule has 126 valence electrons. The van der Waals surface area contributed by atoms with Gasteiger partial charge in [-0.2, -0.15) is 5.10 Å². The third-order valence-electron chi connectivity index (χ3n) is 5.65. The van der Waals surface area contributed by atoms with Crippen LogP contribution in [0, 0.1) is 34.8 Å². The van der Waals surface area contributed by atoms with E-state index >= 15 is 0 Å². The topological polar surface area (TPSA) is 90.1 Å². The van der Waals surface area contributed by atoms with Crippen LogP contribution in [0.1, 0.15) is 44.7 Å². The van der Waals surface area contributed by atoms with Crippen LogP contribution in [0.4, 0.5) is 5.69 Å². The number of nitro groups is 1. The minimum absolute atomic E-state index is 0.000701. The number of carbonyl (C=O) groups is 1. The maximum Gasteiger partial charge on any atom is 0.309 e. The van der Waals surface area contributed by atoms with Gasteiger partial charge in [0.2, 0.25) is 5.91 Å². The van der Waals surface area contributed by atoms with Crippen molar-refractivity contribution in [3.05, 3.63) is 22.0 Å². The van der Waals surface area contributed by atoms with Crippen LogP contribution in [0.15, 0.2) is 6.20 Å². The monoisotopic (exact) mass is 320 g/mol. The van der Waals surface area contributed by atoms with Crippen LogP contribution in [0.3, 0.4) is 0 Å². The molecule has 0 spiro atoms. The first kappa shape index (κ1) is 16.0. The fourth-order valence-electron chi connectivity index (χ4n) is 4.39. The van der Waals surface area contributed by atoms with Gasteiger partial charge < -0.3 is 5.32 Å². The summed E-state index contributed by atoms with van der Waals surface area (Å²) in [5.41, 5.74) is 0.490. The molecule has 0 unspecified atom stereocenters. The van der Waals surface area contributed by atoms with Gasteiger partial charge >= 0.3 is 5.69 Å². The molecule has 1 heterocycles. The van der Waals surface area contributed by atoms with E-state index in [9.17, 15) is 14.9 Å². The van der Waals surface area contributed by atoms with Crippen LogP contribution in [0.25, 0.3) is 0 Å². The maximum absolute atomic E-state index is 12.2. The lowest BCUT2D eigenvalue weighted by Crippen LogP contribution is -2.40. The number of carbonyl (C=O) groups excluding carboxylic acids is 1. The van der Waals surface area contributed by atoms with Gasteiger partial charge in [0.25, 0.3) is 0 Å². The van der Waals surface area contributed by atoms with Crippen LogP contribution in [0.5, 0.6) is 0 Å². The normalized spacial score (nSPS) is 27.1. The van der Waals surface area contributed by atoms with Crippen molar-refractivity contribution >= 4 is 11.6 Å². The summed E-state index contributed by atoms with van der Waals surface area (Å²) < 4.78 is 1.53. The molecule has 0 aromatic carbocycles. The molecule has 0 radical (unpaired) electrons. The van der Waals surface area contributed by atoms with E-state index in [0.29, 0.717) is 24.6 Å². The van der Waals surface area contributed by atoms with Gasteiger partial charge in [-0.05, 0) is 50.9 Å². The average molecular weight is 320 g/mol. The van der Waals surface area contributed by atoms with E-state index in [0.717, 1.165) is 11.8 Å². The Kier molecular flexibility index (Phi) is 4.37. The number of nitrogens with one attached hydrogen (secondary N) is 1. The Hall–Kier alpha value is -1.92. The SMILES string of the molecule is Cc1c([N+](=O)[O-])cnn1CCC(=O)N[C@@H](C)[C@@H]1C[C@@H]2CC[C@@H]1C2. The number of hydrogen-bond donors (Lipinski definition) is 1. The van der Waals surface area contributed by atoms with E-state index in [1.165, 1.54) is 36.6 Å². The van der Waals surface area contributed by atoms with Gasteiger partial charge in [0.1, 0.15) is 11.9 Å². The minimum Gasteiger partial charge on any atom is -0.353 e. The Morgan fingerprint density at radius 3 is 2.87 bits per heavy atom. The van der Waals surface area contributed by atoms with Crippen LogP contribution < -0.4 is 5.32 Å². The Balaban J connectivity index is 1.49. The quantitative estimate of drug-likeness (QED) is 0.644. The fraction of sp³-hybridized carbons (Fsp3) is 0.750. The molecule has 2 fully saturated rings. The van der Waals surface area contributed by atoms with Gasteiger partial charge in [-0.15, -0.1) is 0 Å². The van der Waals surface area contributed by atoms with Gasteiger partial charge in [-0.1, -0.05) is 6.42 Å². The average Bonchev–Trinajstić information content (AvgIpc) is 3.20. The number of nitrogens with zero attached hydrogens (tertiary/aromatic N) is 3. The second-order valence-corrected chi connectivity index (χ2v) is 7.04. The number of aryl methyl sites for hydroxylation is 1. The van der Waals surface area contributed by atoms with E-state index in [4.69, 9.17) is 0 Å². The van der Waals surface area contributed by atoms with Crippen molar-refractivity contribution in [1.82, 2.24) is 15.1 Å². The summed E-state index contributed by atoms with van der Waals surface area (Å²) >= 11 is 0. The molecule has 1 aromatic rings. The lowest BCUT2D eigenvalue weighted by atomic mass is 9.84. The number of aromatic nitrogens is 2. The zero-order chi connectivity index (χ0) is 16.6. The van der Waals surface area contributed by atoms with Crippen molar-refractivity contribution < 1.29 is 9.72 Å². The Labute approximate surface area is 135 Å². The molecular formula is C16H24N4O3. The van der Waals surface area contributed by atoms with Crippen molar-refractivity contribution in [3.63, 3.8) is 0 Å². The molecule has 1 N–H and O–H groups in total. The van der Waals surface area contributed by atoms with E-state index in [2.05, 4.69) is 17.3 Å². The summed E-state index contributed by atoms with van der Waals surface area (Å²) in [5.74, 6) is 2.27. The van der Waals surface area contributed by atoms with Crippen LogP contribution >= 0.6 is 0 Å². The van der Waals surface area contributed by atoms with Crippen molar-refractivity contribution in [3.8, 4) is 0 Å². The highest BCUT2D eigenvalue weighted by Crippen LogP contribution is 2.49. The minimum atomic E-state index is -0.448. The number of rotatable bonds is 6. The molecule has 2 saturated carbocycles. The highest BCUT2D eigenvalue weighted by atomic mass is 16.6. The molecule has 1 aromatic heterocycles. The number of amides is 1. The predicted molar refractivity (Wildman–Crippen MR) is 84.8 cm³/mol. The van der Waals surface area contributed by atoms with Gasteiger partial charge in [0.05, 0.1) is 11.5 Å². The van der Waals surface area contributed by atoms with E-state index in [1.54, 1.807) is 6.92 Å². The van der Waals surface area contributed by atoms with Crippen molar-refractivity contribution in [2.75, 3.05) is 0 Å². The lowest BCUT2D eigenvalue weighted by Gasteiger charge is -2.28. The largest absolute Gasteiger partial charge is 0.353 e. The summed E-state index contributed by atoms with van der Waals surface area (Å²) in [6.07, 6.45) is 6.79. The third-order valence-corrected chi connectivity index (χ3v) is 5.65. The smallest absolute Gasteiger partial charge is 0.309 e. The highest BCUT2D eigenvalue weighted by molar-refractivity contribution is 5.76. The second-order valence-electron chi connectivity index (χ2n) is 7.04. The molecular weight excluding hydrogens is 296 g/mol. The van der Waals surface area contributed by atoms with Gasteiger partial charge in [0.15, 0.2) is 0 Å². The summed E-state index contributed by atoms with van der Waals surface area (Å²) in [5, 5.41) is 17.9. The Morgan fingerprint density at radius 1 is 1.52 bits per heavy atom. The Morgan fingerprint density at radius 2 is 2.30 bits per heavy atom. The maximum atomic E-state index is 12.2. The molecule has 3 rings (SSSR count). The predicted octanol–water partition coefficient (Wildman–Crippen LogP) is 2.43. The van der Waals surface area contributed by atoms with E-state index in [1.807, 2.05) is 0 Å². The zero-order valence-corrected chi connectivity index (χ0v) is 13.7. The first-order valence-corrected chi connectivity index (χ1v) is 8.42. The van der Waals surface area contributed by atoms with Crippen molar-refractivity contribution in [2.24, 2.45) is 17.8 Å². The molecule has 1 amide bonds. The molecule has 0 aliphatic heterocycles. The van der Waals surface area contributed by atoms with E-state index in [-0.39, 0.29) is 17.6 Å². The number of hydrogen-bond acceptors (Lipinski definition) is 4. The molecule has 2 bridgehead atoms. The van der Waals surface area contributed by atoms with Gasteiger partial charge in [-0.3, -0.25) is 19.6 Å². The molecule has 23 heavy (non-hydrogen) atoms. The lowest BCUT2D eigenvalue weighted by molar-refractivity contribution is -0.385. The zero-order valence-electron chi connectivity index (χ0n) is 13.7. The van der Waals surface area contributed by atoms with Gasteiger partial charge in [-0.25, -0.2) is 0 Å². The standard InChI is InChI=1S/C16H24N4O3/c1-10(14-8-12-3-4-13(14)7-12)18-16(21)5-6-19-11(2)15(9-17-19)20(22)23/h9-10,12-14H,3-8H2,1-2H3,(H,18,21)/t10-,12+,13+,14-/m0/s1. The summed E-state index contributed by atoms with van der Waals surface area (Å²) in [6, 6.07) is 0.214. The molecule has 0 saturated heterocycles. The van der Waals surface area contributed by atoms with Crippen LogP contribution in [-0.2, 0) is 11.3 Å². The van der Waals surface area contributed by atoms with Crippen molar-refractivity contribution in [2.45, 2.75) is 58.5 Å². The molecule has 4 atom stereocenters. The fourth-order valence-corrected chi connectivity index (χ4v) is 4.39. The highest BCUT2D eigenvalue weighted by Gasteiger charge is 2.42. The summed E-state index contributed by atoms with van der Waals surface area (Å²) in [6.45, 7) is 4.13. The molecule has 7 heteroatoms. The second kappa shape index (κ2) is 6.29. The number of fused-ring (bicyclic) bond motifs is 2. The molecule has 7 nitrogen and oxygen atoms in total. The van der Waals surface area contributed by atoms with E-state index < -0.39 is 4.92 Å². The molecule has 2 aliphatic rings. The van der Waals surface area contributed by atoms with Crippen molar-refractivity contribution in [1.29, 1.82) is 0 Å². The first-order valence-electron chi connectivity index (χ1n) is 8.42. The third kappa shape index (κ3) is 3.23. The molecule has 2 aliphatic carbocycles. The summed E-state index contributed by atoms with van der Waals surface area (Å²) in [7, 11) is 0. The first-order chi connectivity index (χ1) is 11.0.